The molecule has 1 N–H and O–H groups in total. The molecule has 1 saturated carbocycles. The van der Waals surface area contributed by atoms with Crippen LogP contribution in [0.4, 0.5) is 5.69 Å². The van der Waals surface area contributed by atoms with Crippen molar-refractivity contribution in [1.29, 1.82) is 0 Å². The molecular formula is C26H31IN2O4. The second kappa shape index (κ2) is 9.91. The van der Waals surface area contributed by atoms with Gasteiger partial charge in [-0.15, -0.1) is 0 Å². The van der Waals surface area contributed by atoms with E-state index in [1.165, 1.54) is 23.0 Å². The van der Waals surface area contributed by atoms with Crippen LogP contribution in [-0.4, -0.2) is 46.6 Å². The predicted molar refractivity (Wildman–Crippen MR) is 136 cm³/mol. The van der Waals surface area contributed by atoms with Crippen LogP contribution in [0.15, 0.2) is 48.5 Å². The fraction of sp³-hybridized carbons (Fsp3) is 0.462. The first-order chi connectivity index (χ1) is 15.7. The fourth-order valence-corrected chi connectivity index (χ4v) is 4.65. The molecule has 0 bridgehead atoms. The number of carboxylic acid groups (broad SMARTS) is 1. The number of amides is 1. The van der Waals surface area contributed by atoms with E-state index in [9.17, 15) is 14.7 Å². The highest BCUT2D eigenvalue weighted by atomic mass is 127. The molecule has 33 heavy (non-hydrogen) atoms. The summed E-state index contributed by atoms with van der Waals surface area (Å²) in [7, 11) is 0. The largest absolute Gasteiger partial charge is 0.478 e. The van der Waals surface area contributed by atoms with Crippen LogP contribution in [-0.2, 0) is 16.1 Å². The molecule has 1 amide bonds. The van der Waals surface area contributed by atoms with Crippen LogP contribution in [0.1, 0.15) is 45.1 Å². The number of carboxylic acids is 1. The van der Waals surface area contributed by atoms with Gasteiger partial charge in [0.2, 0.25) is 5.91 Å². The van der Waals surface area contributed by atoms with Crippen molar-refractivity contribution in [2.75, 3.05) is 18.0 Å². The van der Waals surface area contributed by atoms with E-state index >= 15 is 0 Å². The average molecular weight is 562 g/mol. The van der Waals surface area contributed by atoms with Crippen molar-refractivity contribution in [1.82, 2.24) is 4.90 Å². The number of rotatable bonds is 8. The van der Waals surface area contributed by atoms with Crippen LogP contribution in [0.3, 0.4) is 0 Å². The Kier molecular flexibility index (Phi) is 7.16. The number of halogens is 1. The minimum atomic E-state index is -1.31. The quantitative estimate of drug-likeness (QED) is 0.462. The van der Waals surface area contributed by atoms with Gasteiger partial charge in [0.05, 0.1) is 5.92 Å². The molecule has 4 rings (SSSR count). The molecule has 0 radical (unpaired) electrons. The van der Waals surface area contributed by atoms with Gasteiger partial charge in [-0.05, 0) is 92.0 Å². The monoisotopic (exact) mass is 562 g/mol. The van der Waals surface area contributed by atoms with E-state index in [2.05, 4.69) is 56.7 Å². The summed E-state index contributed by atoms with van der Waals surface area (Å²) >= 11 is 2.30. The summed E-state index contributed by atoms with van der Waals surface area (Å²) in [6.07, 6.45) is 4.02. The van der Waals surface area contributed by atoms with Crippen LogP contribution in [0.2, 0.25) is 0 Å². The van der Waals surface area contributed by atoms with Gasteiger partial charge in [0, 0.05) is 41.0 Å². The molecule has 6 nitrogen and oxygen atoms in total. The Morgan fingerprint density at radius 2 is 1.88 bits per heavy atom. The lowest BCUT2D eigenvalue weighted by Gasteiger charge is -2.36. The van der Waals surface area contributed by atoms with E-state index in [1.54, 1.807) is 6.07 Å². The van der Waals surface area contributed by atoms with Crippen molar-refractivity contribution in [3.05, 3.63) is 57.7 Å². The highest BCUT2D eigenvalue weighted by molar-refractivity contribution is 14.1. The molecule has 1 saturated heterocycles. The van der Waals surface area contributed by atoms with Crippen molar-refractivity contribution in [2.45, 2.75) is 57.7 Å². The van der Waals surface area contributed by atoms with Crippen molar-refractivity contribution in [3.8, 4) is 5.75 Å². The van der Waals surface area contributed by atoms with Gasteiger partial charge in [0.15, 0.2) is 5.60 Å². The third-order valence-corrected chi connectivity index (χ3v) is 7.10. The lowest BCUT2D eigenvalue weighted by molar-refractivity contribution is -0.152. The molecule has 2 fully saturated rings. The van der Waals surface area contributed by atoms with Gasteiger partial charge in [-0.25, -0.2) is 4.79 Å². The van der Waals surface area contributed by atoms with Crippen LogP contribution in [0.25, 0.3) is 0 Å². The molecule has 1 aliphatic carbocycles. The summed E-state index contributed by atoms with van der Waals surface area (Å²) in [6.45, 7) is 5.29. The second-order valence-corrected chi connectivity index (χ2v) is 10.8. The molecule has 1 unspecified atom stereocenters. The van der Waals surface area contributed by atoms with E-state index in [-0.39, 0.29) is 11.8 Å². The predicted octanol–water partition coefficient (Wildman–Crippen LogP) is 4.94. The maximum atomic E-state index is 13.6. The standard InChI is InChI=1S/C26H31IN2O4/c1-26(2,25(31)32)33-23-7-3-6-22(15-23)28-14-4-5-19(17-28)24(30)29(21-12-13-21)16-18-8-10-20(27)11-9-18/h3,6-11,15,19,21H,4-5,12-14,16-17H2,1-2H3,(H,31,32). The zero-order valence-electron chi connectivity index (χ0n) is 19.2. The van der Waals surface area contributed by atoms with E-state index in [0.717, 1.165) is 37.9 Å². The SMILES string of the molecule is CC(C)(Oc1cccc(N2CCCC(C(=O)N(Cc3ccc(I)cc3)C3CC3)C2)c1)C(=O)O. The lowest BCUT2D eigenvalue weighted by atomic mass is 9.95. The first-order valence-corrected chi connectivity index (χ1v) is 12.6. The summed E-state index contributed by atoms with van der Waals surface area (Å²) in [6, 6.07) is 16.3. The maximum Gasteiger partial charge on any atom is 0.347 e. The van der Waals surface area contributed by atoms with E-state index in [1.807, 2.05) is 18.2 Å². The second-order valence-electron chi connectivity index (χ2n) is 9.52. The Balaban J connectivity index is 1.45. The number of benzene rings is 2. The van der Waals surface area contributed by atoms with E-state index in [0.29, 0.717) is 24.9 Å². The minimum absolute atomic E-state index is 0.0387. The molecule has 2 aromatic carbocycles. The summed E-state index contributed by atoms with van der Waals surface area (Å²) in [5.41, 5.74) is 0.829. The lowest BCUT2D eigenvalue weighted by Crippen LogP contribution is -2.45. The molecule has 1 atom stereocenters. The van der Waals surface area contributed by atoms with Crippen LogP contribution < -0.4 is 9.64 Å². The Labute approximate surface area is 209 Å². The molecule has 0 spiro atoms. The number of aliphatic carboxylic acids is 1. The molecule has 1 heterocycles. The summed E-state index contributed by atoms with van der Waals surface area (Å²) in [5.74, 6) is -0.278. The van der Waals surface area contributed by atoms with E-state index < -0.39 is 11.6 Å². The first kappa shape index (κ1) is 23.9. The third-order valence-electron chi connectivity index (χ3n) is 6.38. The Hall–Kier alpha value is -2.29. The number of carbonyl (C=O) groups is 2. The highest BCUT2D eigenvalue weighted by Gasteiger charge is 2.37. The Morgan fingerprint density at radius 3 is 2.55 bits per heavy atom. The molecule has 176 valence electrons. The Morgan fingerprint density at radius 1 is 1.15 bits per heavy atom. The smallest absolute Gasteiger partial charge is 0.347 e. The van der Waals surface area contributed by atoms with Gasteiger partial charge < -0.3 is 19.6 Å². The summed E-state index contributed by atoms with van der Waals surface area (Å²) in [5, 5.41) is 9.36. The van der Waals surface area contributed by atoms with Gasteiger partial charge in [0.25, 0.3) is 0 Å². The third kappa shape index (κ3) is 5.99. The molecule has 2 aliphatic rings. The number of hydrogen-bond donors (Lipinski definition) is 1. The van der Waals surface area contributed by atoms with Gasteiger partial charge in [0.1, 0.15) is 5.75 Å². The summed E-state index contributed by atoms with van der Waals surface area (Å²) < 4.78 is 6.92. The van der Waals surface area contributed by atoms with Crippen LogP contribution in [0, 0.1) is 9.49 Å². The van der Waals surface area contributed by atoms with Crippen molar-refractivity contribution < 1.29 is 19.4 Å². The molecule has 0 aromatic heterocycles. The number of nitrogens with zero attached hydrogens (tertiary/aromatic N) is 2. The van der Waals surface area contributed by atoms with Gasteiger partial charge in [-0.2, -0.15) is 0 Å². The first-order valence-electron chi connectivity index (χ1n) is 11.6. The molecule has 1 aliphatic heterocycles. The number of ether oxygens (including phenoxy) is 1. The fourth-order valence-electron chi connectivity index (χ4n) is 4.29. The van der Waals surface area contributed by atoms with Crippen LogP contribution in [0.5, 0.6) is 5.75 Å². The average Bonchev–Trinajstić information content (AvgIpc) is 3.63. The minimum Gasteiger partial charge on any atom is -0.478 e. The summed E-state index contributed by atoms with van der Waals surface area (Å²) in [4.78, 5) is 29.3. The normalized spacial score (nSPS) is 18.6. The zero-order valence-corrected chi connectivity index (χ0v) is 21.3. The highest BCUT2D eigenvalue weighted by Crippen LogP contribution is 2.33. The topological polar surface area (TPSA) is 70.1 Å². The number of carbonyl (C=O) groups excluding carboxylic acids is 1. The number of piperidine rings is 1. The molecule has 7 heteroatoms. The molecular weight excluding hydrogens is 531 g/mol. The molecule has 2 aromatic rings. The van der Waals surface area contributed by atoms with Crippen LogP contribution >= 0.6 is 22.6 Å². The van der Waals surface area contributed by atoms with Gasteiger partial charge in [-0.3, -0.25) is 4.79 Å². The number of anilines is 1. The number of hydrogen-bond acceptors (Lipinski definition) is 4. The van der Waals surface area contributed by atoms with Crippen molar-refractivity contribution in [3.63, 3.8) is 0 Å². The van der Waals surface area contributed by atoms with Crippen molar-refractivity contribution in [2.24, 2.45) is 5.92 Å². The zero-order chi connectivity index (χ0) is 23.6. The van der Waals surface area contributed by atoms with Gasteiger partial charge >= 0.3 is 5.97 Å². The maximum absolute atomic E-state index is 13.6. The van der Waals surface area contributed by atoms with E-state index in [4.69, 9.17) is 4.74 Å². The van der Waals surface area contributed by atoms with Crippen molar-refractivity contribution >= 4 is 40.2 Å². The Bertz CT molecular complexity index is 1000. The van der Waals surface area contributed by atoms with Gasteiger partial charge in [-0.1, -0.05) is 18.2 Å².